The summed E-state index contributed by atoms with van der Waals surface area (Å²) < 4.78 is 2.04. The molecule has 0 aliphatic carbocycles. The molecule has 0 atom stereocenters. The minimum atomic E-state index is -0.958. The summed E-state index contributed by atoms with van der Waals surface area (Å²) in [7, 11) is 0. The topological polar surface area (TPSA) is 72.2 Å². The molecule has 0 unspecified atom stereocenters. The Kier molecular flexibility index (Phi) is 4.11. The highest BCUT2D eigenvalue weighted by Gasteiger charge is 2.07. The third-order valence-corrected chi connectivity index (χ3v) is 3.25. The maximum Gasteiger partial charge on any atom is 0.305 e. The molecule has 98 valence electrons. The van der Waals surface area contributed by atoms with E-state index in [-0.39, 0.29) is 18.5 Å². The van der Waals surface area contributed by atoms with Crippen LogP contribution >= 0.6 is 15.9 Å². The molecule has 6 heteroatoms. The molecule has 2 aromatic rings. The number of carboxylic acids is 1. The zero-order valence-corrected chi connectivity index (χ0v) is 11.5. The molecule has 0 fully saturated rings. The Morgan fingerprint density at radius 2 is 2.00 bits per heavy atom. The highest BCUT2D eigenvalue weighted by atomic mass is 79.9. The number of aryl methyl sites for hydroxylation is 1. The maximum atomic E-state index is 11.6. The first-order valence-electron chi connectivity index (χ1n) is 5.63. The van der Waals surface area contributed by atoms with E-state index in [0.29, 0.717) is 5.69 Å². The summed E-state index contributed by atoms with van der Waals surface area (Å²) >= 11 is 3.42. The van der Waals surface area contributed by atoms with Crippen molar-refractivity contribution in [1.29, 1.82) is 0 Å². The first-order chi connectivity index (χ1) is 9.08. The number of hydrogen-bond acceptors (Lipinski definition) is 3. The summed E-state index contributed by atoms with van der Waals surface area (Å²) in [4.78, 5) is 22.1. The van der Waals surface area contributed by atoms with Gasteiger partial charge in [0.25, 0.3) is 5.56 Å². The van der Waals surface area contributed by atoms with Crippen molar-refractivity contribution in [2.45, 2.75) is 13.0 Å². The van der Waals surface area contributed by atoms with Crippen LogP contribution in [0, 0.1) is 0 Å². The molecule has 2 rings (SSSR count). The van der Waals surface area contributed by atoms with Crippen molar-refractivity contribution in [3.05, 3.63) is 51.2 Å². The van der Waals surface area contributed by atoms with Gasteiger partial charge in [0.1, 0.15) is 0 Å². The second-order valence-electron chi connectivity index (χ2n) is 3.90. The van der Waals surface area contributed by atoms with Crippen LogP contribution in [0.5, 0.6) is 0 Å². The molecule has 0 saturated carbocycles. The molecule has 0 aliphatic heterocycles. The smallest absolute Gasteiger partial charge is 0.305 e. The van der Waals surface area contributed by atoms with Crippen LogP contribution in [0.3, 0.4) is 0 Å². The second kappa shape index (κ2) is 5.79. The zero-order chi connectivity index (χ0) is 13.8. The Bertz CT molecular complexity index is 667. The van der Waals surface area contributed by atoms with Crippen LogP contribution in [0.15, 0.2) is 45.7 Å². The van der Waals surface area contributed by atoms with Gasteiger partial charge in [-0.05, 0) is 12.1 Å². The fraction of sp³-hybridized carbons (Fsp3) is 0.154. The summed E-state index contributed by atoms with van der Waals surface area (Å²) in [6.45, 7) is 0.0620. The number of carbonyl (C=O) groups is 1. The molecule has 5 nitrogen and oxygen atoms in total. The van der Waals surface area contributed by atoms with Crippen LogP contribution in [0.1, 0.15) is 6.42 Å². The lowest BCUT2D eigenvalue weighted by atomic mass is 10.1. The summed E-state index contributed by atoms with van der Waals surface area (Å²) in [5.74, 6) is -0.958. The Labute approximate surface area is 117 Å². The lowest BCUT2D eigenvalue weighted by molar-refractivity contribution is -0.137. The molecule has 0 amide bonds. The van der Waals surface area contributed by atoms with Crippen LogP contribution in [-0.2, 0) is 11.3 Å². The fourth-order valence-electron chi connectivity index (χ4n) is 1.62. The Hall–Kier alpha value is -1.95. The minimum Gasteiger partial charge on any atom is -0.481 e. The average molecular weight is 323 g/mol. The predicted molar refractivity (Wildman–Crippen MR) is 73.9 cm³/mol. The van der Waals surface area contributed by atoms with Crippen molar-refractivity contribution >= 4 is 21.9 Å². The summed E-state index contributed by atoms with van der Waals surface area (Å²) in [5, 5.41) is 12.8. The van der Waals surface area contributed by atoms with Gasteiger partial charge in [0.2, 0.25) is 0 Å². The number of aliphatic carboxylic acids is 1. The van der Waals surface area contributed by atoms with E-state index in [1.165, 1.54) is 10.7 Å². The maximum absolute atomic E-state index is 11.6. The molecule has 0 saturated heterocycles. The Balaban J connectivity index is 2.38. The van der Waals surface area contributed by atoms with E-state index in [0.717, 1.165) is 10.0 Å². The second-order valence-corrected chi connectivity index (χ2v) is 4.76. The molecule has 1 heterocycles. The highest BCUT2D eigenvalue weighted by molar-refractivity contribution is 9.10. The minimum absolute atomic E-state index is 0.0620. The number of carboxylic acid groups (broad SMARTS) is 1. The average Bonchev–Trinajstić information content (AvgIpc) is 2.38. The van der Waals surface area contributed by atoms with Crippen molar-refractivity contribution in [2.24, 2.45) is 0 Å². The van der Waals surface area contributed by atoms with Gasteiger partial charge >= 0.3 is 5.97 Å². The molecular formula is C13H11BrN2O3. The molecule has 0 bridgehead atoms. The fourth-order valence-corrected chi connectivity index (χ4v) is 2.11. The van der Waals surface area contributed by atoms with Gasteiger partial charge in [-0.1, -0.05) is 34.1 Å². The lowest BCUT2D eigenvalue weighted by Gasteiger charge is -2.07. The number of benzene rings is 1. The molecule has 19 heavy (non-hydrogen) atoms. The molecule has 0 aliphatic rings. The first-order valence-corrected chi connectivity index (χ1v) is 6.42. The van der Waals surface area contributed by atoms with Crippen molar-refractivity contribution < 1.29 is 9.90 Å². The standard InChI is InChI=1S/C13H11BrN2O3/c14-10-4-2-1-3-9(10)11-5-6-12(17)16(15-11)8-7-13(18)19/h1-6H,7-8H2,(H,18,19). The van der Waals surface area contributed by atoms with E-state index in [4.69, 9.17) is 5.11 Å². The molecule has 1 aromatic carbocycles. The van der Waals surface area contributed by atoms with Crippen molar-refractivity contribution in [1.82, 2.24) is 9.78 Å². The van der Waals surface area contributed by atoms with E-state index >= 15 is 0 Å². The molecular weight excluding hydrogens is 312 g/mol. The number of rotatable bonds is 4. The van der Waals surface area contributed by atoms with E-state index in [1.807, 2.05) is 24.3 Å². The van der Waals surface area contributed by atoms with E-state index in [9.17, 15) is 9.59 Å². The van der Waals surface area contributed by atoms with Crippen LogP contribution in [-0.4, -0.2) is 20.9 Å². The van der Waals surface area contributed by atoms with Gasteiger partial charge in [-0.25, -0.2) is 4.68 Å². The normalized spacial score (nSPS) is 10.4. The van der Waals surface area contributed by atoms with Crippen molar-refractivity contribution in [3.63, 3.8) is 0 Å². The van der Waals surface area contributed by atoms with E-state index < -0.39 is 5.97 Å². The Morgan fingerprint density at radius 1 is 1.26 bits per heavy atom. The number of nitrogens with zero attached hydrogens (tertiary/aromatic N) is 2. The van der Waals surface area contributed by atoms with Crippen LogP contribution in [0.4, 0.5) is 0 Å². The van der Waals surface area contributed by atoms with Gasteiger partial charge in [0.15, 0.2) is 0 Å². The molecule has 1 N–H and O–H groups in total. The van der Waals surface area contributed by atoms with Crippen LogP contribution < -0.4 is 5.56 Å². The van der Waals surface area contributed by atoms with Crippen molar-refractivity contribution in [2.75, 3.05) is 0 Å². The zero-order valence-electron chi connectivity index (χ0n) is 9.91. The predicted octanol–water partition coefficient (Wildman–Crippen LogP) is 2.15. The van der Waals surface area contributed by atoms with Crippen LogP contribution in [0.2, 0.25) is 0 Å². The van der Waals surface area contributed by atoms with E-state index in [1.54, 1.807) is 6.07 Å². The van der Waals surface area contributed by atoms with E-state index in [2.05, 4.69) is 21.0 Å². The Morgan fingerprint density at radius 3 is 2.68 bits per heavy atom. The highest BCUT2D eigenvalue weighted by Crippen LogP contribution is 2.25. The molecule has 0 radical (unpaired) electrons. The van der Waals surface area contributed by atoms with Gasteiger partial charge in [-0.2, -0.15) is 5.10 Å². The van der Waals surface area contributed by atoms with Gasteiger partial charge in [-0.3, -0.25) is 9.59 Å². The quantitative estimate of drug-likeness (QED) is 0.936. The van der Waals surface area contributed by atoms with Crippen molar-refractivity contribution in [3.8, 4) is 11.3 Å². The monoisotopic (exact) mass is 322 g/mol. The van der Waals surface area contributed by atoms with Gasteiger partial charge in [-0.15, -0.1) is 0 Å². The number of aromatic nitrogens is 2. The summed E-state index contributed by atoms with van der Waals surface area (Å²) in [6, 6.07) is 10.5. The molecule has 0 spiro atoms. The van der Waals surface area contributed by atoms with Crippen LogP contribution in [0.25, 0.3) is 11.3 Å². The third kappa shape index (κ3) is 3.29. The first kappa shape index (κ1) is 13.5. The van der Waals surface area contributed by atoms with Gasteiger partial charge in [0, 0.05) is 16.1 Å². The molecule has 1 aromatic heterocycles. The number of hydrogen-bond donors (Lipinski definition) is 1. The summed E-state index contributed by atoms with van der Waals surface area (Å²) in [6.07, 6.45) is -0.133. The SMILES string of the molecule is O=C(O)CCn1nc(-c2ccccc2Br)ccc1=O. The third-order valence-electron chi connectivity index (χ3n) is 2.55. The number of halogens is 1. The largest absolute Gasteiger partial charge is 0.481 e. The van der Waals surface area contributed by atoms with Gasteiger partial charge < -0.3 is 5.11 Å². The summed E-state index contributed by atoms with van der Waals surface area (Å²) in [5.41, 5.74) is 1.17. The van der Waals surface area contributed by atoms with Gasteiger partial charge in [0.05, 0.1) is 18.7 Å². The lowest BCUT2D eigenvalue weighted by Crippen LogP contribution is -2.23.